The van der Waals surface area contributed by atoms with Crippen LogP contribution in [0.1, 0.15) is 52.4 Å². The lowest BCUT2D eigenvalue weighted by molar-refractivity contribution is 0.161. The summed E-state index contributed by atoms with van der Waals surface area (Å²) in [6.45, 7) is 6.16. The van der Waals surface area contributed by atoms with Crippen LogP contribution in [0.2, 0.25) is 0 Å². The molecule has 2 heterocycles. The summed E-state index contributed by atoms with van der Waals surface area (Å²) >= 11 is 0. The highest BCUT2D eigenvalue weighted by atomic mass is 16.5. The van der Waals surface area contributed by atoms with E-state index in [1.54, 1.807) is 19.6 Å². The monoisotopic (exact) mass is 425 g/mol. The van der Waals surface area contributed by atoms with E-state index in [9.17, 15) is 0 Å². The molecule has 1 unspecified atom stereocenters. The van der Waals surface area contributed by atoms with Gasteiger partial charge >= 0.3 is 0 Å². The van der Waals surface area contributed by atoms with Crippen molar-refractivity contribution in [3.8, 4) is 11.3 Å². The van der Waals surface area contributed by atoms with Crippen molar-refractivity contribution in [3.05, 3.63) is 24.7 Å². The van der Waals surface area contributed by atoms with Gasteiger partial charge in [-0.1, -0.05) is 6.92 Å². The third kappa shape index (κ3) is 6.33. The van der Waals surface area contributed by atoms with E-state index >= 15 is 0 Å². The van der Waals surface area contributed by atoms with E-state index in [1.807, 2.05) is 12.1 Å². The zero-order chi connectivity index (χ0) is 21.7. The average molecular weight is 426 g/mol. The molecule has 0 bridgehead atoms. The fourth-order valence-electron chi connectivity index (χ4n) is 4.20. The van der Waals surface area contributed by atoms with E-state index in [1.165, 1.54) is 12.8 Å². The lowest BCUT2D eigenvalue weighted by atomic mass is 9.90. The smallest absolute Gasteiger partial charge is 0.149 e. The summed E-state index contributed by atoms with van der Waals surface area (Å²) in [5.41, 5.74) is 2.22. The van der Waals surface area contributed by atoms with Crippen molar-refractivity contribution in [3.63, 3.8) is 0 Å². The summed E-state index contributed by atoms with van der Waals surface area (Å²) in [6, 6.07) is 5.42. The third-order valence-corrected chi connectivity index (χ3v) is 6.43. The van der Waals surface area contributed by atoms with Crippen LogP contribution < -0.4 is 16.0 Å². The van der Waals surface area contributed by atoms with Crippen molar-refractivity contribution in [2.24, 2.45) is 5.41 Å². The van der Waals surface area contributed by atoms with Crippen LogP contribution in [-0.4, -0.2) is 58.6 Å². The molecule has 2 aliphatic rings. The predicted molar refractivity (Wildman–Crippen MR) is 123 cm³/mol. The average Bonchev–Trinajstić information content (AvgIpc) is 3.52. The minimum absolute atomic E-state index is 0.393. The van der Waals surface area contributed by atoms with Gasteiger partial charge in [0.15, 0.2) is 0 Å². The molecule has 2 saturated carbocycles. The molecule has 2 aliphatic carbocycles. The van der Waals surface area contributed by atoms with Crippen LogP contribution in [0.4, 0.5) is 11.6 Å². The Labute approximate surface area is 185 Å². The number of nitrogens with one attached hydrogen (secondary N) is 3. The summed E-state index contributed by atoms with van der Waals surface area (Å²) in [4.78, 5) is 8.90. The Bertz CT molecular complexity index is 849. The van der Waals surface area contributed by atoms with E-state index < -0.39 is 0 Å². The van der Waals surface area contributed by atoms with Crippen molar-refractivity contribution in [1.29, 1.82) is 0 Å². The van der Waals surface area contributed by atoms with Gasteiger partial charge in [-0.2, -0.15) is 5.10 Å². The Balaban J connectivity index is 1.32. The number of hydrogen-bond acceptors (Lipinski definition) is 8. The lowest BCUT2D eigenvalue weighted by Crippen LogP contribution is -2.42. The topological polar surface area (TPSA) is 96.9 Å². The normalized spacial score (nSPS) is 23.2. The van der Waals surface area contributed by atoms with Crippen LogP contribution in [0.5, 0.6) is 0 Å². The minimum Gasteiger partial charge on any atom is -0.383 e. The van der Waals surface area contributed by atoms with Gasteiger partial charge in [-0.25, -0.2) is 9.97 Å². The van der Waals surface area contributed by atoms with E-state index in [4.69, 9.17) is 4.74 Å². The molecule has 2 aromatic rings. The van der Waals surface area contributed by atoms with Crippen LogP contribution in [0, 0.1) is 5.41 Å². The highest BCUT2D eigenvalue weighted by Crippen LogP contribution is 2.44. The number of ether oxygens (including phenoxy) is 1. The van der Waals surface area contributed by atoms with Gasteiger partial charge in [-0.3, -0.25) is 0 Å². The first-order valence-electron chi connectivity index (χ1n) is 11.4. The maximum absolute atomic E-state index is 5.23. The molecule has 2 fully saturated rings. The van der Waals surface area contributed by atoms with Crippen LogP contribution in [-0.2, 0) is 4.74 Å². The Morgan fingerprint density at radius 2 is 1.87 bits per heavy atom. The van der Waals surface area contributed by atoms with E-state index in [0.717, 1.165) is 61.7 Å². The molecule has 8 nitrogen and oxygen atoms in total. The molecular weight excluding hydrogens is 390 g/mol. The first-order chi connectivity index (χ1) is 15.0. The molecular formula is C23H35N7O. The highest BCUT2D eigenvalue weighted by Gasteiger charge is 2.36. The molecule has 0 aliphatic heterocycles. The van der Waals surface area contributed by atoms with Gasteiger partial charge < -0.3 is 20.7 Å². The van der Waals surface area contributed by atoms with E-state index in [-0.39, 0.29) is 0 Å². The second-order valence-corrected chi connectivity index (χ2v) is 9.50. The first kappa shape index (κ1) is 21.9. The fraction of sp³-hybridized carbons (Fsp3) is 0.652. The zero-order valence-electron chi connectivity index (χ0n) is 18.9. The Kier molecular flexibility index (Phi) is 6.97. The molecule has 2 aromatic heterocycles. The fourth-order valence-corrected chi connectivity index (χ4v) is 4.20. The van der Waals surface area contributed by atoms with Crippen LogP contribution in [0.3, 0.4) is 0 Å². The summed E-state index contributed by atoms with van der Waals surface area (Å²) in [5.74, 6) is 1.67. The van der Waals surface area contributed by atoms with Gasteiger partial charge in [0.1, 0.15) is 18.0 Å². The summed E-state index contributed by atoms with van der Waals surface area (Å²) < 4.78 is 5.23. The van der Waals surface area contributed by atoms with Crippen LogP contribution in [0.15, 0.2) is 24.7 Å². The molecule has 0 saturated heterocycles. The van der Waals surface area contributed by atoms with Gasteiger partial charge in [-0.15, -0.1) is 5.10 Å². The van der Waals surface area contributed by atoms with Crippen LogP contribution in [0.25, 0.3) is 11.3 Å². The van der Waals surface area contributed by atoms with Crippen LogP contribution >= 0.6 is 0 Å². The first-order valence-corrected chi connectivity index (χ1v) is 11.4. The molecule has 0 radical (unpaired) electrons. The van der Waals surface area contributed by atoms with Crippen molar-refractivity contribution < 1.29 is 4.74 Å². The number of aromatic nitrogens is 4. The van der Waals surface area contributed by atoms with Crippen molar-refractivity contribution in [1.82, 2.24) is 25.5 Å². The molecule has 8 heteroatoms. The summed E-state index contributed by atoms with van der Waals surface area (Å²) in [6.07, 6.45) is 10.5. The van der Waals surface area contributed by atoms with E-state index in [2.05, 4.69) is 50.0 Å². The molecule has 168 valence electrons. The summed E-state index contributed by atoms with van der Waals surface area (Å²) in [5, 5.41) is 19.1. The maximum atomic E-state index is 5.23. The van der Waals surface area contributed by atoms with Crippen molar-refractivity contribution >= 4 is 11.6 Å². The molecule has 3 N–H and O–H groups in total. The SMILES string of the molecule is COCC(C)NC1CCC(Nc2cc(-c3cnnc(NCC4(C)CC4)c3)ncn2)CC1. The van der Waals surface area contributed by atoms with Crippen molar-refractivity contribution in [2.75, 3.05) is 30.9 Å². The molecule has 31 heavy (non-hydrogen) atoms. The number of anilines is 2. The third-order valence-electron chi connectivity index (χ3n) is 6.43. The number of nitrogens with zero attached hydrogens (tertiary/aromatic N) is 4. The van der Waals surface area contributed by atoms with Gasteiger partial charge in [0, 0.05) is 43.4 Å². The standard InChI is InChI=1S/C23H35N7O/c1-16(13-31-3)28-18-4-6-19(7-5-18)29-21-11-20(25-15-26-21)17-10-22(30-27-12-17)24-14-23(2)8-9-23/h10-12,15-16,18-19,28H,4-9,13-14H2,1-3H3,(H,24,30)(H,25,26,29). The lowest BCUT2D eigenvalue weighted by Gasteiger charge is -2.31. The molecule has 0 spiro atoms. The highest BCUT2D eigenvalue weighted by molar-refractivity contribution is 5.64. The van der Waals surface area contributed by atoms with Gasteiger partial charge in [0.2, 0.25) is 0 Å². The van der Waals surface area contributed by atoms with E-state index in [0.29, 0.717) is 23.5 Å². The summed E-state index contributed by atoms with van der Waals surface area (Å²) in [7, 11) is 1.75. The second kappa shape index (κ2) is 9.87. The van der Waals surface area contributed by atoms with Crippen molar-refractivity contribution in [2.45, 2.75) is 70.5 Å². The van der Waals surface area contributed by atoms with Gasteiger partial charge in [0.25, 0.3) is 0 Å². The zero-order valence-corrected chi connectivity index (χ0v) is 18.9. The minimum atomic E-state index is 0.393. The maximum Gasteiger partial charge on any atom is 0.149 e. The quantitative estimate of drug-likeness (QED) is 0.532. The number of methoxy groups -OCH3 is 1. The molecule has 4 rings (SSSR count). The molecule has 0 aromatic carbocycles. The molecule has 0 amide bonds. The Morgan fingerprint density at radius 3 is 2.61 bits per heavy atom. The van der Waals surface area contributed by atoms with Gasteiger partial charge in [-0.05, 0) is 56.9 Å². The number of hydrogen-bond donors (Lipinski definition) is 3. The second-order valence-electron chi connectivity index (χ2n) is 9.50. The van der Waals surface area contributed by atoms with Gasteiger partial charge in [0.05, 0.1) is 18.5 Å². The number of rotatable bonds is 10. The Morgan fingerprint density at radius 1 is 1.10 bits per heavy atom. The molecule has 1 atom stereocenters. The Hall–Kier alpha value is -2.32. The predicted octanol–water partition coefficient (Wildman–Crippen LogP) is 3.49. The largest absolute Gasteiger partial charge is 0.383 e.